The predicted octanol–water partition coefficient (Wildman–Crippen LogP) is -0.206. The molecule has 0 aromatic heterocycles. The second-order valence-electron chi connectivity index (χ2n) is 2.29. The Balaban J connectivity index is 4.03. The van der Waals surface area contributed by atoms with Crippen LogP contribution in [-0.4, -0.2) is 35.9 Å². The van der Waals surface area contributed by atoms with Crippen LogP contribution < -0.4 is 11.1 Å². The van der Waals surface area contributed by atoms with Crippen molar-refractivity contribution in [2.24, 2.45) is 11.0 Å². The summed E-state index contributed by atoms with van der Waals surface area (Å²) in [7, 11) is 0. The lowest BCUT2D eigenvalue weighted by Crippen LogP contribution is -2.41. The van der Waals surface area contributed by atoms with Gasteiger partial charge < -0.3 is 5.73 Å². The first kappa shape index (κ1) is 12.8. The molecule has 0 saturated heterocycles. The van der Waals surface area contributed by atoms with Crippen molar-refractivity contribution < 1.29 is 9.59 Å². The van der Waals surface area contributed by atoms with E-state index in [0.29, 0.717) is 5.01 Å². The van der Waals surface area contributed by atoms with Crippen molar-refractivity contribution in [1.29, 1.82) is 0 Å². The number of nitroso groups, excluding NO2 is 1. The van der Waals surface area contributed by atoms with Crippen LogP contribution in [0.15, 0.2) is 5.29 Å². The maximum absolute atomic E-state index is 11.1. The molecule has 8 heteroatoms. The normalized spacial score (nSPS) is 9.29. The molecule has 0 aromatic carbocycles. The summed E-state index contributed by atoms with van der Waals surface area (Å²) >= 11 is 5.29. The molecule has 0 aliphatic heterocycles. The van der Waals surface area contributed by atoms with Crippen molar-refractivity contribution in [3.63, 3.8) is 0 Å². The van der Waals surface area contributed by atoms with Crippen LogP contribution in [0.4, 0.5) is 4.79 Å². The van der Waals surface area contributed by atoms with Gasteiger partial charge in [0.15, 0.2) is 0 Å². The van der Waals surface area contributed by atoms with Crippen LogP contribution in [0, 0.1) is 4.91 Å². The second-order valence-corrected chi connectivity index (χ2v) is 2.66. The molecule has 80 valence electrons. The van der Waals surface area contributed by atoms with Crippen molar-refractivity contribution in [3.05, 3.63) is 4.91 Å². The van der Waals surface area contributed by atoms with Gasteiger partial charge >= 0.3 is 6.03 Å². The molecule has 7 nitrogen and oxygen atoms in total. The Morgan fingerprint density at radius 3 is 2.57 bits per heavy atom. The summed E-state index contributed by atoms with van der Waals surface area (Å²) < 4.78 is 0. The molecular weight excluding hydrogens is 212 g/mol. The van der Waals surface area contributed by atoms with E-state index in [0.717, 1.165) is 0 Å². The highest BCUT2D eigenvalue weighted by atomic mass is 35.5. The Morgan fingerprint density at radius 2 is 2.14 bits per heavy atom. The number of imide groups is 1. The van der Waals surface area contributed by atoms with Gasteiger partial charge in [0.05, 0.1) is 11.8 Å². The number of alkyl halides is 1. The molecule has 0 unspecified atom stereocenters. The fourth-order valence-electron chi connectivity index (χ4n) is 0.637. The summed E-state index contributed by atoms with van der Waals surface area (Å²) in [4.78, 5) is 32.0. The number of carbonyl (C=O) groups excluding carboxylic acids is 2. The zero-order chi connectivity index (χ0) is 11.0. The number of rotatable bonds is 5. The summed E-state index contributed by atoms with van der Waals surface area (Å²) in [6, 6.07) is -0.890. The van der Waals surface area contributed by atoms with Gasteiger partial charge in [-0.2, -0.15) is 5.01 Å². The Hall–Kier alpha value is -1.21. The van der Waals surface area contributed by atoms with E-state index >= 15 is 0 Å². The predicted molar refractivity (Wildman–Crippen MR) is 50.4 cm³/mol. The average Bonchev–Trinajstić information content (AvgIpc) is 2.14. The molecule has 0 radical (unpaired) electrons. The van der Waals surface area contributed by atoms with Crippen molar-refractivity contribution in [3.8, 4) is 0 Å². The van der Waals surface area contributed by atoms with Crippen LogP contribution in [0.25, 0.3) is 0 Å². The van der Waals surface area contributed by atoms with Gasteiger partial charge in [0, 0.05) is 18.8 Å². The zero-order valence-electron chi connectivity index (χ0n) is 7.40. The number of nitrogens with two attached hydrogens (primary N) is 1. The first-order chi connectivity index (χ1) is 6.65. The molecular formula is C6H11ClN4O3. The molecule has 3 N–H and O–H groups in total. The van der Waals surface area contributed by atoms with Gasteiger partial charge in [0.25, 0.3) is 0 Å². The van der Waals surface area contributed by atoms with Crippen molar-refractivity contribution in [1.82, 2.24) is 10.3 Å². The minimum absolute atomic E-state index is 0.0132. The number of hydrogen-bond donors (Lipinski definition) is 2. The molecule has 0 atom stereocenters. The highest BCUT2D eigenvalue weighted by Gasteiger charge is 2.15. The number of amides is 3. The van der Waals surface area contributed by atoms with Gasteiger partial charge in [-0.15, -0.1) is 16.5 Å². The first-order valence-corrected chi connectivity index (χ1v) is 4.39. The number of hydrogen-bond acceptors (Lipinski definition) is 5. The molecule has 0 heterocycles. The molecule has 0 fully saturated rings. The van der Waals surface area contributed by atoms with E-state index in [1.165, 1.54) is 0 Å². The minimum Gasteiger partial charge on any atom is -0.330 e. The van der Waals surface area contributed by atoms with E-state index in [1.807, 2.05) is 5.32 Å². The Bertz CT molecular complexity index is 223. The van der Waals surface area contributed by atoms with E-state index in [-0.39, 0.29) is 25.4 Å². The molecule has 0 saturated carbocycles. The number of carbonyl (C=O) groups is 2. The van der Waals surface area contributed by atoms with Gasteiger partial charge in [0.1, 0.15) is 0 Å². The van der Waals surface area contributed by atoms with Gasteiger partial charge in [-0.3, -0.25) is 10.1 Å². The van der Waals surface area contributed by atoms with Crippen molar-refractivity contribution >= 4 is 23.5 Å². The van der Waals surface area contributed by atoms with Gasteiger partial charge in [0.2, 0.25) is 5.91 Å². The number of halogens is 1. The Morgan fingerprint density at radius 1 is 1.50 bits per heavy atom. The van der Waals surface area contributed by atoms with E-state index in [1.54, 1.807) is 0 Å². The first-order valence-electron chi connectivity index (χ1n) is 3.86. The fourth-order valence-corrected chi connectivity index (χ4v) is 0.797. The van der Waals surface area contributed by atoms with E-state index < -0.39 is 11.9 Å². The van der Waals surface area contributed by atoms with Crippen molar-refractivity contribution in [2.75, 3.05) is 19.0 Å². The highest BCUT2D eigenvalue weighted by molar-refractivity contribution is 6.18. The van der Waals surface area contributed by atoms with E-state index in [4.69, 9.17) is 17.3 Å². The van der Waals surface area contributed by atoms with Crippen LogP contribution in [0.3, 0.4) is 0 Å². The van der Waals surface area contributed by atoms with Crippen LogP contribution >= 0.6 is 11.6 Å². The smallest absolute Gasteiger partial charge is 0.330 e. The van der Waals surface area contributed by atoms with E-state index in [2.05, 4.69) is 5.29 Å². The average molecular weight is 223 g/mol. The molecule has 0 aromatic rings. The summed E-state index contributed by atoms with van der Waals surface area (Å²) in [5, 5.41) is 4.86. The molecule has 0 bridgehead atoms. The topological polar surface area (TPSA) is 105 Å². The second kappa shape index (κ2) is 7.22. The zero-order valence-corrected chi connectivity index (χ0v) is 8.16. The van der Waals surface area contributed by atoms with Crippen LogP contribution in [0.2, 0.25) is 0 Å². The third-order valence-corrected chi connectivity index (χ3v) is 1.42. The van der Waals surface area contributed by atoms with Crippen LogP contribution in [0.5, 0.6) is 0 Å². The molecule has 0 spiro atoms. The Kier molecular flexibility index (Phi) is 6.59. The van der Waals surface area contributed by atoms with Crippen molar-refractivity contribution in [2.45, 2.75) is 6.42 Å². The lowest BCUT2D eigenvalue weighted by atomic mass is 10.4. The summed E-state index contributed by atoms with van der Waals surface area (Å²) in [6.07, 6.45) is 0.0132. The molecule has 0 rings (SSSR count). The van der Waals surface area contributed by atoms with Gasteiger partial charge in [-0.05, 0) is 0 Å². The number of nitrogens with one attached hydrogen (secondary N) is 1. The lowest BCUT2D eigenvalue weighted by Gasteiger charge is -2.11. The standard InChI is InChI=1S/C6H11ClN4O3/c7-2-4-11(10-14)6(13)9-5(12)1-3-8/h1-4,8H2,(H,9,12,13). The quantitative estimate of drug-likeness (QED) is 0.382. The van der Waals surface area contributed by atoms with Gasteiger partial charge in [-0.1, -0.05) is 0 Å². The SMILES string of the molecule is NCCC(=O)NC(=O)N(CCCl)N=O. The highest BCUT2D eigenvalue weighted by Crippen LogP contribution is 1.92. The molecule has 14 heavy (non-hydrogen) atoms. The Labute approximate surface area is 85.5 Å². The van der Waals surface area contributed by atoms with Crippen LogP contribution in [0.1, 0.15) is 6.42 Å². The monoisotopic (exact) mass is 222 g/mol. The maximum atomic E-state index is 11.1. The molecule has 3 amide bonds. The fraction of sp³-hybridized carbons (Fsp3) is 0.667. The van der Waals surface area contributed by atoms with Crippen LogP contribution in [-0.2, 0) is 4.79 Å². The number of nitrogens with zero attached hydrogens (tertiary/aromatic N) is 2. The summed E-state index contributed by atoms with van der Waals surface area (Å²) in [5.74, 6) is -0.495. The lowest BCUT2D eigenvalue weighted by molar-refractivity contribution is -0.120. The van der Waals surface area contributed by atoms with Gasteiger partial charge in [-0.25, -0.2) is 4.79 Å². The summed E-state index contributed by atoms with van der Waals surface area (Å²) in [5.41, 5.74) is 5.08. The minimum atomic E-state index is -0.890. The third-order valence-electron chi connectivity index (χ3n) is 1.25. The molecule has 0 aliphatic carbocycles. The third kappa shape index (κ3) is 4.73. The maximum Gasteiger partial charge on any atom is 0.347 e. The number of urea groups is 1. The summed E-state index contributed by atoms with van der Waals surface area (Å²) in [6.45, 7) is 0.0793. The van der Waals surface area contributed by atoms with E-state index in [9.17, 15) is 14.5 Å². The largest absolute Gasteiger partial charge is 0.347 e. The molecule has 0 aliphatic rings.